The van der Waals surface area contributed by atoms with E-state index in [1.807, 2.05) is 0 Å². The van der Waals surface area contributed by atoms with Gasteiger partial charge in [-0.3, -0.25) is 15.3 Å². The van der Waals surface area contributed by atoms with Crippen molar-refractivity contribution < 1.29 is 9.59 Å². The molecule has 0 fully saturated rings. The first-order valence-corrected chi connectivity index (χ1v) is 3.51. The van der Waals surface area contributed by atoms with Crippen LogP contribution in [0.5, 0.6) is 0 Å². The molecule has 1 rings (SSSR count). The van der Waals surface area contributed by atoms with Crippen molar-refractivity contribution in [2.24, 2.45) is 0 Å². The number of nitrogens with zero attached hydrogens (tertiary/aromatic N) is 1. The number of nitrogens with one attached hydrogen (secondary N) is 4. The molecule has 1 aromatic heterocycles. The van der Waals surface area contributed by atoms with Crippen LogP contribution in [0.2, 0.25) is 0 Å². The second-order valence-electron chi connectivity index (χ2n) is 2.13. The van der Waals surface area contributed by atoms with E-state index in [1.54, 1.807) is 0 Å². The number of carbonyl (C=O) groups is 2. The van der Waals surface area contributed by atoms with Crippen molar-refractivity contribution in [2.75, 3.05) is 7.05 Å². The predicted octanol–water partition coefficient (Wildman–Crippen LogP) is -1.02. The average molecular weight is 183 g/mol. The first kappa shape index (κ1) is 9.04. The van der Waals surface area contributed by atoms with Gasteiger partial charge in [0.2, 0.25) is 0 Å². The Kier molecular flexibility index (Phi) is 2.85. The van der Waals surface area contributed by atoms with Gasteiger partial charge in [-0.2, -0.15) is 5.10 Å². The van der Waals surface area contributed by atoms with Gasteiger partial charge in [-0.15, -0.1) is 0 Å². The quantitative estimate of drug-likeness (QED) is 0.419. The van der Waals surface area contributed by atoms with E-state index in [2.05, 4.69) is 26.4 Å². The maximum Gasteiger partial charge on any atom is 0.333 e. The number of carbonyl (C=O) groups excluding carboxylic acids is 2. The molecular weight excluding hydrogens is 174 g/mol. The lowest BCUT2D eigenvalue weighted by Crippen LogP contribution is -2.45. The van der Waals surface area contributed by atoms with E-state index in [-0.39, 0.29) is 5.69 Å². The maximum atomic E-state index is 11.1. The second kappa shape index (κ2) is 4.10. The number of hydrogen-bond acceptors (Lipinski definition) is 3. The maximum absolute atomic E-state index is 11.1. The number of aromatic nitrogens is 2. The summed E-state index contributed by atoms with van der Waals surface area (Å²) in [6.45, 7) is 0. The second-order valence-corrected chi connectivity index (χ2v) is 2.13. The van der Waals surface area contributed by atoms with Crippen LogP contribution >= 0.6 is 0 Å². The summed E-state index contributed by atoms with van der Waals surface area (Å²) in [6, 6.07) is 0.994. The van der Waals surface area contributed by atoms with Crippen LogP contribution in [-0.4, -0.2) is 29.2 Å². The highest BCUT2D eigenvalue weighted by Gasteiger charge is 2.06. The SMILES string of the molecule is CNC(=O)NNC(=O)c1ccn[nH]1. The summed E-state index contributed by atoms with van der Waals surface area (Å²) in [5.74, 6) is -0.457. The average Bonchev–Trinajstić information content (AvgIpc) is 2.66. The van der Waals surface area contributed by atoms with Crippen LogP contribution in [0.1, 0.15) is 10.5 Å². The fourth-order valence-electron chi connectivity index (χ4n) is 0.626. The third-order valence-corrected chi connectivity index (χ3v) is 1.26. The standard InChI is InChI=1S/C6H9N5O2/c1-7-6(13)11-10-5(12)4-2-3-8-9-4/h2-3H,1H3,(H,8,9)(H,10,12)(H2,7,11,13). The van der Waals surface area contributed by atoms with Crippen molar-refractivity contribution in [1.82, 2.24) is 26.4 Å². The molecule has 0 aliphatic heterocycles. The Labute approximate surface area is 73.9 Å². The molecular formula is C6H9N5O2. The van der Waals surface area contributed by atoms with Gasteiger partial charge < -0.3 is 5.32 Å². The largest absolute Gasteiger partial charge is 0.340 e. The van der Waals surface area contributed by atoms with Crippen molar-refractivity contribution in [1.29, 1.82) is 0 Å². The van der Waals surface area contributed by atoms with Gasteiger partial charge in [0, 0.05) is 13.2 Å². The Bertz CT molecular complexity index is 294. The van der Waals surface area contributed by atoms with Crippen LogP contribution in [-0.2, 0) is 0 Å². The summed E-state index contributed by atoms with van der Waals surface area (Å²) in [5, 5.41) is 8.30. The number of hydrazine groups is 1. The first-order chi connectivity index (χ1) is 6.24. The Morgan fingerprint density at radius 1 is 1.46 bits per heavy atom. The lowest BCUT2D eigenvalue weighted by atomic mass is 10.4. The highest BCUT2D eigenvalue weighted by atomic mass is 16.2. The zero-order valence-electron chi connectivity index (χ0n) is 6.92. The summed E-state index contributed by atoms with van der Waals surface area (Å²) in [5.41, 5.74) is 4.56. The van der Waals surface area contributed by atoms with Crippen molar-refractivity contribution in [3.05, 3.63) is 18.0 Å². The van der Waals surface area contributed by atoms with Gasteiger partial charge in [0.1, 0.15) is 5.69 Å². The van der Waals surface area contributed by atoms with Gasteiger partial charge in [0.15, 0.2) is 0 Å². The molecule has 7 heteroatoms. The summed E-state index contributed by atoms with van der Waals surface area (Å²) in [6.07, 6.45) is 1.44. The predicted molar refractivity (Wildman–Crippen MR) is 43.6 cm³/mol. The molecule has 0 radical (unpaired) electrons. The van der Waals surface area contributed by atoms with Crippen LogP contribution in [0, 0.1) is 0 Å². The van der Waals surface area contributed by atoms with Gasteiger partial charge in [-0.25, -0.2) is 10.2 Å². The van der Waals surface area contributed by atoms with E-state index in [4.69, 9.17) is 0 Å². The molecule has 7 nitrogen and oxygen atoms in total. The van der Waals surface area contributed by atoms with Crippen LogP contribution < -0.4 is 16.2 Å². The van der Waals surface area contributed by atoms with Crippen LogP contribution in [0.3, 0.4) is 0 Å². The van der Waals surface area contributed by atoms with Crippen LogP contribution in [0.25, 0.3) is 0 Å². The molecule has 0 saturated heterocycles. The number of urea groups is 1. The minimum atomic E-state index is -0.493. The Balaban J connectivity index is 2.39. The van der Waals surface area contributed by atoms with Crippen molar-refractivity contribution in [3.8, 4) is 0 Å². The molecule has 0 spiro atoms. The van der Waals surface area contributed by atoms with E-state index in [9.17, 15) is 9.59 Å². The molecule has 0 aliphatic carbocycles. The fraction of sp³-hybridized carbons (Fsp3) is 0.167. The highest BCUT2D eigenvalue weighted by Crippen LogP contribution is 1.88. The molecule has 1 heterocycles. The molecule has 13 heavy (non-hydrogen) atoms. The number of amides is 3. The van der Waals surface area contributed by atoms with Crippen molar-refractivity contribution in [2.45, 2.75) is 0 Å². The van der Waals surface area contributed by atoms with Gasteiger partial charge >= 0.3 is 6.03 Å². The van der Waals surface area contributed by atoms with E-state index < -0.39 is 11.9 Å². The summed E-state index contributed by atoms with van der Waals surface area (Å²) >= 11 is 0. The van der Waals surface area contributed by atoms with Crippen molar-refractivity contribution in [3.63, 3.8) is 0 Å². The van der Waals surface area contributed by atoms with Gasteiger partial charge in [0.25, 0.3) is 5.91 Å². The van der Waals surface area contributed by atoms with E-state index in [1.165, 1.54) is 19.3 Å². The minimum Gasteiger partial charge on any atom is -0.340 e. The Hall–Kier alpha value is -2.05. The third-order valence-electron chi connectivity index (χ3n) is 1.26. The van der Waals surface area contributed by atoms with Crippen molar-refractivity contribution >= 4 is 11.9 Å². The topological polar surface area (TPSA) is 98.9 Å². The fourth-order valence-corrected chi connectivity index (χ4v) is 0.626. The number of rotatable bonds is 1. The van der Waals surface area contributed by atoms with Crippen LogP contribution in [0.15, 0.2) is 12.3 Å². The summed E-state index contributed by atoms with van der Waals surface area (Å²) < 4.78 is 0. The normalized spacial score (nSPS) is 9.00. The number of hydrogen-bond donors (Lipinski definition) is 4. The molecule has 0 atom stereocenters. The van der Waals surface area contributed by atoms with E-state index in [0.717, 1.165) is 0 Å². The monoisotopic (exact) mass is 183 g/mol. The molecule has 0 aromatic carbocycles. The first-order valence-electron chi connectivity index (χ1n) is 3.51. The van der Waals surface area contributed by atoms with Gasteiger partial charge in [-0.05, 0) is 6.07 Å². The molecule has 0 bridgehead atoms. The Morgan fingerprint density at radius 2 is 2.23 bits per heavy atom. The summed E-state index contributed by atoms with van der Waals surface area (Å²) in [7, 11) is 1.44. The summed E-state index contributed by atoms with van der Waals surface area (Å²) in [4.78, 5) is 21.7. The lowest BCUT2D eigenvalue weighted by molar-refractivity contribution is 0.0931. The molecule has 70 valence electrons. The minimum absolute atomic E-state index is 0.274. The van der Waals surface area contributed by atoms with E-state index >= 15 is 0 Å². The molecule has 4 N–H and O–H groups in total. The highest BCUT2D eigenvalue weighted by molar-refractivity contribution is 5.93. The Morgan fingerprint density at radius 3 is 2.77 bits per heavy atom. The molecule has 3 amide bonds. The smallest absolute Gasteiger partial charge is 0.333 e. The lowest BCUT2D eigenvalue weighted by Gasteiger charge is -2.04. The number of H-pyrrole nitrogens is 1. The zero-order valence-corrected chi connectivity index (χ0v) is 6.92. The van der Waals surface area contributed by atoms with Gasteiger partial charge in [0.05, 0.1) is 0 Å². The zero-order chi connectivity index (χ0) is 9.68. The molecule has 1 aromatic rings. The molecule has 0 saturated carbocycles. The third kappa shape index (κ3) is 2.47. The van der Waals surface area contributed by atoms with E-state index in [0.29, 0.717) is 0 Å². The number of aromatic amines is 1. The molecule has 0 unspecified atom stereocenters. The van der Waals surface area contributed by atoms with Crippen LogP contribution in [0.4, 0.5) is 4.79 Å². The van der Waals surface area contributed by atoms with Gasteiger partial charge in [-0.1, -0.05) is 0 Å². The molecule has 0 aliphatic rings.